The second-order valence-corrected chi connectivity index (χ2v) is 9.16. The SMILES string of the molecule is COc1cc(C(=O)N2CCC3(CC2)N[C@@H](C)Cn2c(C(F)(F)F)ccc23)ccc1OC(C)C. The number of hydrogen-bond acceptors (Lipinski definition) is 4. The third kappa shape index (κ3) is 4.43. The zero-order valence-corrected chi connectivity index (χ0v) is 19.3. The number of fused-ring (bicyclic) bond motifs is 2. The summed E-state index contributed by atoms with van der Waals surface area (Å²) in [6.45, 7) is 6.88. The minimum Gasteiger partial charge on any atom is -0.493 e. The van der Waals surface area contributed by atoms with Gasteiger partial charge in [0, 0.05) is 36.9 Å². The van der Waals surface area contributed by atoms with Gasteiger partial charge in [0.15, 0.2) is 11.5 Å². The molecular weight excluding hydrogens is 435 g/mol. The zero-order valence-electron chi connectivity index (χ0n) is 19.3. The average molecular weight is 466 g/mol. The Balaban J connectivity index is 1.53. The molecule has 0 radical (unpaired) electrons. The molecule has 0 aliphatic carbocycles. The summed E-state index contributed by atoms with van der Waals surface area (Å²) in [5.74, 6) is 0.932. The standard InChI is InChI=1S/C24H30F3N3O3/c1-15(2)33-18-6-5-17(13-19(18)32-4)22(31)29-11-9-23(10-12-29)20-7-8-21(24(25,26)27)30(20)14-16(3)28-23/h5-8,13,15-16,28H,9-12,14H2,1-4H3/t16-/m0/s1. The number of aromatic nitrogens is 1. The van der Waals surface area contributed by atoms with Crippen molar-refractivity contribution < 1.29 is 27.4 Å². The molecule has 1 N–H and O–H groups in total. The quantitative estimate of drug-likeness (QED) is 0.726. The Morgan fingerprint density at radius 2 is 1.85 bits per heavy atom. The van der Waals surface area contributed by atoms with E-state index >= 15 is 0 Å². The number of nitrogens with one attached hydrogen (secondary N) is 1. The molecule has 2 aliphatic heterocycles. The number of ether oxygens (including phenoxy) is 2. The van der Waals surface area contributed by atoms with Gasteiger partial charge in [0.1, 0.15) is 5.69 Å². The van der Waals surface area contributed by atoms with Gasteiger partial charge in [0.2, 0.25) is 0 Å². The number of hydrogen-bond donors (Lipinski definition) is 1. The van der Waals surface area contributed by atoms with Crippen LogP contribution < -0.4 is 14.8 Å². The highest BCUT2D eigenvalue weighted by atomic mass is 19.4. The van der Waals surface area contributed by atoms with E-state index in [-0.39, 0.29) is 24.6 Å². The largest absolute Gasteiger partial charge is 0.493 e. The number of methoxy groups -OCH3 is 1. The first-order valence-corrected chi connectivity index (χ1v) is 11.2. The summed E-state index contributed by atoms with van der Waals surface area (Å²) in [6.07, 6.45) is -3.34. The molecule has 0 bridgehead atoms. The summed E-state index contributed by atoms with van der Waals surface area (Å²) < 4.78 is 53.0. The van der Waals surface area contributed by atoms with Crippen molar-refractivity contribution in [2.75, 3.05) is 20.2 Å². The van der Waals surface area contributed by atoms with Crippen molar-refractivity contribution in [2.45, 2.75) is 64.0 Å². The lowest BCUT2D eigenvalue weighted by Crippen LogP contribution is -2.59. The second kappa shape index (κ2) is 8.59. The Labute approximate surface area is 191 Å². The fourth-order valence-corrected chi connectivity index (χ4v) is 5.02. The van der Waals surface area contributed by atoms with Crippen LogP contribution in [0.2, 0.25) is 0 Å². The monoisotopic (exact) mass is 465 g/mol. The number of halogens is 3. The van der Waals surface area contributed by atoms with Gasteiger partial charge in [0.05, 0.1) is 18.8 Å². The van der Waals surface area contributed by atoms with Crippen molar-refractivity contribution in [1.29, 1.82) is 0 Å². The fourth-order valence-electron chi connectivity index (χ4n) is 5.02. The van der Waals surface area contributed by atoms with Crippen LogP contribution >= 0.6 is 0 Å². The van der Waals surface area contributed by atoms with E-state index in [0.29, 0.717) is 48.7 Å². The van der Waals surface area contributed by atoms with E-state index < -0.39 is 17.4 Å². The minimum absolute atomic E-state index is 0.0269. The van der Waals surface area contributed by atoms with Gasteiger partial charge in [-0.15, -0.1) is 0 Å². The van der Waals surface area contributed by atoms with Crippen LogP contribution in [0.4, 0.5) is 13.2 Å². The van der Waals surface area contributed by atoms with E-state index in [1.54, 1.807) is 29.2 Å². The maximum Gasteiger partial charge on any atom is 0.431 e. The number of carbonyl (C=O) groups excluding carboxylic acids is 1. The highest BCUT2D eigenvalue weighted by molar-refractivity contribution is 5.95. The normalized spacial score (nSPS) is 20.1. The smallest absolute Gasteiger partial charge is 0.431 e. The molecule has 9 heteroatoms. The molecule has 2 aliphatic rings. The lowest BCUT2D eigenvalue weighted by Gasteiger charge is -2.47. The number of carbonyl (C=O) groups is 1. The van der Waals surface area contributed by atoms with Crippen LogP contribution in [0, 0.1) is 0 Å². The summed E-state index contributed by atoms with van der Waals surface area (Å²) in [6, 6.07) is 7.76. The molecule has 1 amide bonds. The highest BCUT2D eigenvalue weighted by Gasteiger charge is 2.46. The number of amides is 1. The van der Waals surface area contributed by atoms with Gasteiger partial charge in [-0.2, -0.15) is 13.2 Å². The topological polar surface area (TPSA) is 55.7 Å². The van der Waals surface area contributed by atoms with Gasteiger partial charge in [-0.05, 0) is 63.9 Å². The first-order chi connectivity index (χ1) is 15.5. The summed E-state index contributed by atoms with van der Waals surface area (Å²) in [5.41, 5.74) is -0.0482. The second-order valence-electron chi connectivity index (χ2n) is 9.16. The molecule has 180 valence electrons. The molecule has 0 unspecified atom stereocenters. The number of benzene rings is 1. The maximum atomic E-state index is 13.5. The first kappa shape index (κ1) is 23.5. The Morgan fingerprint density at radius 3 is 2.45 bits per heavy atom. The van der Waals surface area contributed by atoms with E-state index in [0.717, 1.165) is 0 Å². The van der Waals surface area contributed by atoms with Crippen LogP contribution in [0.3, 0.4) is 0 Å². The van der Waals surface area contributed by atoms with Crippen molar-refractivity contribution in [3.05, 3.63) is 47.3 Å². The van der Waals surface area contributed by atoms with Gasteiger partial charge in [0.25, 0.3) is 5.91 Å². The molecule has 6 nitrogen and oxygen atoms in total. The number of alkyl halides is 3. The van der Waals surface area contributed by atoms with Crippen molar-refractivity contribution in [1.82, 2.24) is 14.8 Å². The van der Waals surface area contributed by atoms with Crippen LogP contribution in [0.25, 0.3) is 0 Å². The van der Waals surface area contributed by atoms with Crippen LogP contribution in [-0.2, 0) is 18.3 Å². The minimum atomic E-state index is -4.39. The molecule has 4 rings (SSSR count). The van der Waals surface area contributed by atoms with Crippen molar-refractivity contribution >= 4 is 5.91 Å². The Kier molecular flexibility index (Phi) is 6.11. The van der Waals surface area contributed by atoms with E-state index in [2.05, 4.69) is 5.32 Å². The van der Waals surface area contributed by atoms with Crippen LogP contribution in [-0.4, -0.2) is 47.7 Å². The third-order valence-corrected chi connectivity index (χ3v) is 6.42. The number of nitrogens with zero attached hydrogens (tertiary/aromatic N) is 2. The predicted octanol–water partition coefficient (Wildman–Crippen LogP) is 4.43. The van der Waals surface area contributed by atoms with Crippen LogP contribution in [0.1, 0.15) is 55.4 Å². The molecule has 1 spiro atoms. The maximum absolute atomic E-state index is 13.5. The lowest BCUT2D eigenvalue weighted by atomic mass is 9.82. The average Bonchev–Trinajstić information content (AvgIpc) is 3.19. The Morgan fingerprint density at radius 1 is 1.15 bits per heavy atom. The van der Waals surface area contributed by atoms with E-state index in [9.17, 15) is 18.0 Å². The summed E-state index contributed by atoms with van der Waals surface area (Å²) in [5, 5.41) is 3.53. The molecule has 3 heterocycles. The van der Waals surface area contributed by atoms with Crippen molar-refractivity contribution in [3.63, 3.8) is 0 Å². The molecule has 1 fully saturated rings. The van der Waals surface area contributed by atoms with Gasteiger partial charge in [-0.3, -0.25) is 4.79 Å². The molecular formula is C24H30F3N3O3. The number of piperidine rings is 1. The van der Waals surface area contributed by atoms with Gasteiger partial charge in [-0.1, -0.05) is 0 Å². The molecule has 1 atom stereocenters. The lowest BCUT2D eigenvalue weighted by molar-refractivity contribution is -0.144. The molecule has 1 aromatic carbocycles. The Bertz CT molecular complexity index is 1020. The first-order valence-electron chi connectivity index (χ1n) is 11.2. The molecule has 1 aromatic heterocycles. The molecule has 33 heavy (non-hydrogen) atoms. The van der Waals surface area contributed by atoms with Crippen LogP contribution in [0.15, 0.2) is 30.3 Å². The number of rotatable bonds is 4. The summed E-state index contributed by atoms with van der Waals surface area (Å²) in [4.78, 5) is 14.9. The summed E-state index contributed by atoms with van der Waals surface area (Å²) in [7, 11) is 1.53. The zero-order chi connectivity index (χ0) is 24.0. The third-order valence-electron chi connectivity index (χ3n) is 6.42. The van der Waals surface area contributed by atoms with E-state index in [4.69, 9.17) is 9.47 Å². The predicted molar refractivity (Wildman–Crippen MR) is 118 cm³/mol. The van der Waals surface area contributed by atoms with E-state index in [1.165, 1.54) is 17.7 Å². The number of likely N-dealkylation sites (tertiary alicyclic amines) is 1. The Hall–Kier alpha value is -2.68. The van der Waals surface area contributed by atoms with E-state index in [1.807, 2.05) is 20.8 Å². The van der Waals surface area contributed by atoms with Gasteiger partial charge in [-0.25, -0.2) is 0 Å². The highest BCUT2D eigenvalue weighted by Crippen LogP contribution is 2.41. The summed E-state index contributed by atoms with van der Waals surface area (Å²) >= 11 is 0. The molecule has 1 saturated heterocycles. The molecule has 2 aromatic rings. The van der Waals surface area contributed by atoms with Crippen molar-refractivity contribution in [2.24, 2.45) is 0 Å². The van der Waals surface area contributed by atoms with Crippen molar-refractivity contribution in [3.8, 4) is 11.5 Å². The fraction of sp³-hybridized carbons (Fsp3) is 0.542. The van der Waals surface area contributed by atoms with Crippen LogP contribution in [0.5, 0.6) is 11.5 Å². The molecule has 0 saturated carbocycles. The van der Waals surface area contributed by atoms with Gasteiger partial charge >= 0.3 is 6.18 Å². The van der Waals surface area contributed by atoms with Gasteiger partial charge < -0.3 is 24.3 Å².